The van der Waals surface area contributed by atoms with Crippen LogP contribution in [0.3, 0.4) is 0 Å². The number of hydrogen-bond donors (Lipinski definition) is 0. The quantitative estimate of drug-likeness (QED) is 0.684. The summed E-state index contributed by atoms with van der Waals surface area (Å²) in [7, 11) is -1.26. The van der Waals surface area contributed by atoms with E-state index in [4.69, 9.17) is 11.6 Å². The van der Waals surface area contributed by atoms with Gasteiger partial charge in [-0.05, 0) is 24.7 Å². The van der Waals surface area contributed by atoms with Crippen molar-refractivity contribution in [2.45, 2.75) is 5.75 Å². The van der Waals surface area contributed by atoms with E-state index in [0.717, 1.165) is 37.8 Å². The van der Waals surface area contributed by atoms with Crippen LogP contribution in [0.1, 0.15) is 5.56 Å². The monoisotopic (exact) mass is 450 g/mol. The van der Waals surface area contributed by atoms with Crippen LogP contribution in [0.5, 0.6) is 0 Å². The number of rotatable bonds is 5. The van der Waals surface area contributed by atoms with E-state index in [1.807, 2.05) is 6.07 Å². The predicted molar refractivity (Wildman–Crippen MR) is 120 cm³/mol. The summed E-state index contributed by atoms with van der Waals surface area (Å²) >= 11 is 5.99. The number of benzene rings is 1. The molecule has 162 valence electrons. The molecule has 2 aliphatic rings. The highest BCUT2D eigenvalue weighted by molar-refractivity contribution is 7.88. The van der Waals surface area contributed by atoms with Crippen molar-refractivity contribution in [2.24, 2.45) is 0 Å². The smallest absolute Gasteiger partial charge is 0.218 e. The van der Waals surface area contributed by atoms with Crippen LogP contribution in [0.4, 0.5) is 11.6 Å². The minimum atomic E-state index is -3.39. The molecule has 0 aliphatic carbocycles. The lowest BCUT2D eigenvalue weighted by Gasteiger charge is -2.36. The molecule has 0 unspecified atom stereocenters. The first-order valence-electron chi connectivity index (χ1n) is 10.1. The molecule has 4 rings (SSSR count). The molecule has 0 spiro atoms. The summed E-state index contributed by atoms with van der Waals surface area (Å²) in [6, 6.07) is 9.03. The van der Waals surface area contributed by atoms with Crippen molar-refractivity contribution in [1.29, 1.82) is 0 Å². The molecular formula is C20H27ClN6O2S. The maximum atomic E-state index is 12.8. The second kappa shape index (κ2) is 9.05. The Kier molecular flexibility index (Phi) is 6.43. The van der Waals surface area contributed by atoms with E-state index in [2.05, 4.69) is 31.7 Å². The number of anilines is 2. The number of nitrogens with zero attached hydrogens (tertiary/aromatic N) is 6. The van der Waals surface area contributed by atoms with Crippen molar-refractivity contribution in [3.63, 3.8) is 0 Å². The first-order chi connectivity index (χ1) is 14.4. The van der Waals surface area contributed by atoms with Crippen LogP contribution < -0.4 is 9.80 Å². The zero-order valence-corrected chi connectivity index (χ0v) is 18.7. The predicted octanol–water partition coefficient (Wildman–Crippen LogP) is 1.53. The molecule has 0 atom stereocenters. The Balaban J connectivity index is 1.38. The van der Waals surface area contributed by atoms with Crippen molar-refractivity contribution in [3.05, 3.63) is 47.2 Å². The molecule has 0 radical (unpaired) electrons. The molecule has 2 saturated heterocycles. The Bertz CT molecular complexity index is 973. The molecule has 2 aromatic rings. The highest BCUT2D eigenvalue weighted by Gasteiger charge is 2.28. The molecular weight excluding hydrogens is 424 g/mol. The number of aromatic nitrogens is 2. The summed E-state index contributed by atoms with van der Waals surface area (Å²) in [6.07, 6.45) is 1.60. The van der Waals surface area contributed by atoms with Crippen molar-refractivity contribution < 1.29 is 8.42 Å². The fraction of sp³-hybridized carbons (Fsp3) is 0.500. The van der Waals surface area contributed by atoms with Crippen LogP contribution >= 0.6 is 11.6 Å². The lowest BCUT2D eigenvalue weighted by molar-refractivity contribution is 0.312. The lowest BCUT2D eigenvalue weighted by Crippen LogP contribution is -2.49. The number of sulfonamides is 1. The normalized spacial score (nSPS) is 19.3. The van der Waals surface area contributed by atoms with Crippen LogP contribution in [-0.4, -0.2) is 87.0 Å². The fourth-order valence-electron chi connectivity index (χ4n) is 3.84. The average Bonchev–Trinajstić information content (AvgIpc) is 2.74. The topological polar surface area (TPSA) is 72.9 Å². The van der Waals surface area contributed by atoms with E-state index >= 15 is 0 Å². The minimum absolute atomic E-state index is 0.0331. The van der Waals surface area contributed by atoms with Gasteiger partial charge in [0.1, 0.15) is 18.0 Å². The largest absolute Gasteiger partial charge is 0.354 e. The van der Waals surface area contributed by atoms with E-state index in [9.17, 15) is 8.42 Å². The Morgan fingerprint density at radius 1 is 0.900 bits per heavy atom. The third-order valence-corrected chi connectivity index (χ3v) is 7.74. The first kappa shape index (κ1) is 21.3. The second-order valence-corrected chi connectivity index (χ2v) is 10.2. The first-order valence-corrected chi connectivity index (χ1v) is 12.1. The minimum Gasteiger partial charge on any atom is -0.354 e. The van der Waals surface area contributed by atoms with Crippen molar-refractivity contribution >= 4 is 33.3 Å². The molecule has 0 amide bonds. The van der Waals surface area contributed by atoms with Gasteiger partial charge < -0.3 is 14.7 Å². The highest BCUT2D eigenvalue weighted by Crippen LogP contribution is 2.22. The molecule has 0 bridgehead atoms. The van der Waals surface area contributed by atoms with Crippen LogP contribution in [0.15, 0.2) is 36.7 Å². The van der Waals surface area contributed by atoms with Crippen molar-refractivity contribution in [2.75, 3.05) is 69.2 Å². The van der Waals surface area contributed by atoms with Crippen molar-refractivity contribution in [1.82, 2.24) is 19.2 Å². The summed E-state index contributed by atoms with van der Waals surface area (Å²) in [5.74, 6) is 1.75. The standard InChI is InChI=1S/C20H27ClN6O2S/c1-24-5-7-25(8-6-24)19-14-20(23-16-22-19)26-9-11-27(12-10-26)30(28,29)15-17-3-2-4-18(21)13-17/h2-4,13-14,16H,5-12,15H2,1H3. The van der Waals surface area contributed by atoms with Gasteiger partial charge in [-0.25, -0.2) is 18.4 Å². The lowest BCUT2D eigenvalue weighted by atomic mass is 10.2. The summed E-state index contributed by atoms with van der Waals surface area (Å²) in [5, 5.41) is 0.549. The number of halogens is 1. The summed E-state index contributed by atoms with van der Waals surface area (Å²) in [5.41, 5.74) is 0.706. The number of piperazine rings is 2. The Morgan fingerprint density at radius 3 is 2.10 bits per heavy atom. The number of likely N-dealkylation sites (N-methyl/N-ethyl adjacent to an activating group) is 1. The molecule has 3 heterocycles. The van der Waals surface area contributed by atoms with E-state index < -0.39 is 10.0 Å². The fourth-order valence-corrected chi connectivity index (χ4v) is 5.56. The van der Waals surface area contributed by atoms with Crippen LogP contribution in [0.2, 0.25) is 5.02 Å². The van der Waals surface area contributed by atoms with Gasteiger partial charge in [-0.2, -0.15) is 4.31 Å². The summed E-state index contributed by atoms with van der Waals surface area (Å²) in [4.78, 5) is 15.6. The van der Waals surface area contributed by atoms with E-state index in [0.29, 0.717) is 36.8 Å². The van der Waals surface area contributed by atoms with Gasteiger partial charge in [-0.1, -0.05) is 23.7 Å². The third kappa shape index (κ3) is 5.03. The summed E-state index contributed by atoms with van der Waals surface area (Å²) < 4.78 is 27.2. The molecule has 0 saturated carbocycles. The van der Waals surface area contributed by atoms with Gasteiger partial charge in [0.25, 0.3) is 0 Å². The molecule has 1 aromatic carbocycles. The van der Waals surface area contributed by atoms with Crippen LogP contribution in [0.25, 0.3) is 0 Å². The molecule has 0 N–H and O–H groups in total. The van der Waals surface area contributed by atoms with Gasteiger partial charge in [-0.15, -0.1) is 0 Å². The molecule has 2 fully saturated rings. The van der Waals surface area contributed by atoms with Gasteiger partial charge in [0, 0.05) is 63.4 Å². The van der Waals surface area contributed by atoms with Gasteiger partial charge >= 0.3 is 0 Å². The summed E-state index contributed by atoms with van der Waals surface area (Å²) in [6.45, 7) is 6.02. The SMILES string of the molecule is CN1CCN(c2cc(N3CCN(S(=O)(=O)Cc4cccc(Cl)c4)CC3)ncn2)CC1. The zero-order chi connectivity index (χ0) is 21.1. The maximum absolute atomic E-state index is 12.8. The van der Waals surface area contributed by atoms with Gasteiger partial charge in [-0.3, -0.25) is 0 Å². The maximum Gasteiger partial charge on any atom is 0.218 e. The second-order valence-electron chi connectivity index (χ2n) is 7.80. The number of hydrogen-bond acceptors (Lipinski definition) is 7. The molecule has 8 nitrogen and oxygen atoms in total. The molecule has 10 heteroatoms. The van der Waals surface area contributed by atoms with Crippen LogP contribution in [0, 0.1) is 0 Å². The molecule has 2 aliphatic heterocycles. The van der Waals surface area contributed by atoms with Gasteiger partial charge in [0.05, 0.1) is 5.75 Å². The Morgan fingerprint density at radius 2 is 1.50 bits per heavy atom. The highest BCUT2D eigenvalue weighted by atomic mass is 35.5. The van der Waals surface area contributed by atoms with E-state index in [-0.39, 0.29) is 5.75 Å². The average molecular weight is 451 g/mol. The molecule has 1 aromatic heterocycles. The van der Waals surface area contributed by atoms with Gasteiger partial charge in [0.15, 0.2) is 0 Å². The Hall–Kier alpha value is -1.94. The Labute approximate surface area is 183 Å². The zero-order valence-electron chi connectivity index (χ0n) is 17.1. The third-order valence-electron chi connectivity index (χ3n) is 5.66. The van der Waals surface area contributed by atoms with E-state index in [1.165, 1.54) is 0 Å². The van der Waals surface area contributed by atoms with Gasteiger partial charge in [0.2, 0.25) is 10.0 Å². The van der Waals surface area contributed by atoms with E-state index in [1.54, 1.807) is 34.9 Å². The molecule has 30 heavy (non-hydrogen) atoms. The van der Waals surface area contributed by atoms with Crippen LogP contribution in [-0.2, 0) is 15.8 Å². The van der Waals surface area contributed by atoms with Crippen molar-refractivity contribution in [3.8, 4) is 0 Å².